The molecule has 0 aliphatic carbocycles. The van der Waals surface area contributed by atoms with Crippen molar-refractivity contribution >= 4 is 39.3 Å². The van der Waals surface area contributed by atoms with Crippen molar-refractivity contribution in [1.82, 2.24) is 0 Å². The van der Waals surface area contributed by atoms with E-state index in [4.69, 9.17) is 21.3 Å². The summed E-state index contributed by atoms with van der Waals surface area (Å²) in [7, 11) is -3.86. The number of nitrogens with two attached hydrogens (primary N) is 3. The van der Waals surface area contributed by atoms with Gasteiger partial charge in [0.1, 0.15) is 5.75 Å². The van der Waals surface area contributed by atoms with Crippen LogP contribution in [0.5, 0.6) is 5.75 Å². The fourth-order valence-corrected chi connectivity index (χ4v) is 3.71. The lowest BCUT2D eigenvalue weighted by atomic mass is 9.96. The summed E-state index contributed by atoms with van der Waals surface area (Å²) in [6.45, 7) is 2.42. The van der Waals surface area contributed by atoms with Gasteiger partial charge in [0.25, 0.3) is 5.91 Å². The molecule has 9 nitrogen and oxygen atoms in total. The number of primary amides is 1. The van der Waals surface area contributed by atoms with E-state index in [0.717, 1.165) is 0 Å². The van der Waals surface area contributed by atoms with Gasteiger partial charge in [0.2, 0.25) is 15.9 Å². The minimum atomic E-state index is -3.86. The van der Waals surface area contributed by atoms with Gasteiger partial charge in [-0.25, -0.2) is 13.6 Å². The number of nitrogen functional groups attached to an aromatic ring is 1. The molecule has 3 aromatic rings. The molecule has 0 unspecified atom stereocenters. The highest BCUT2D eigenvalue weighted by Gasteiger charge is 2.15. The number of benzene rings is 3. The summed E-state index contributed by atoms with van der Waals surface area (Å²) in [6, 6.07) is 15.8. The van der Waals surface area contributed by atoms with Crippen molar-refractivity contribution < 1.29 is 22.7 Å². The zero-order valence-corrected chi connectivity index (χ0v) is 19.1. The molecular weight excluding hydrogens is 456 g/mol. The topological polar surface area (TPSA) is 168 Å². The molecule has 176 valence electrons. The van der Waals surface area contributed by atoms with Crippen LogP contribution in [-0.4, -0.2) is 26.8 Å². The third-order valence-corrected chi connectivity index (χ3v) is 5.75. The van der Waals surface area contributed by atoms with E-state index in [1.54, 1.807) is 30.3 Å². The minimum Gasteiger partial charge on any atom is -0.494 e. The molecule has 0 saturated carbocycles. The number of anilines is 2. The van der Waals surface area contributed by atoms with E-state index in [0.29, 0.717) is 34.7 Å². The second kappa shape index (κ2) is 10.2. The Morgan fingerprint density at radius 2 is 1.68 bits per heavy atom. The van der Waals surface area contributed by atoms with Gasteiger partial charge in [0, 0.05) is 17.3 Å². The van der Waals surface area contributed by atoms with E-state index in [-0.39, 0.29) is 22.1 Å². The van der Waals surface area contributed by atoms with Crippen LogP contribution in [0.4, 0.5) is 11.4 Å². The molecule has 0 fully saturated rings. The van der Waals surface area contributed by atoms with Gasteiger partial charge in [0.15, 0.2) is 0 Å². The third-order valence-electron chi connectivity index (χ3n) is 4.82. The average molecular weight is 481 g/mol. The SMILES string of the molecule is CCOc1ccc(NC(=O)/C=C/c2cc(C(N)=O)c(N)c(-c3ccc(S(N)(=O)=O)cc3)c2)cc1. The molecule has 0 saturated heterocycles. The first-order valence-electron chi connectivity index (χ1n) is 10.2. The Bertz CT molecular complexity index is 1350. The Morgan fingerprint density at radius 3 is 2.24 bits per heavy atom. The smallest absolute Gasteiger partial charge is 0.250 e. The van der Waals surface area contributed by atoms with Crippen molar-refractivity contribution in [2.75, 3.05) is 17.7 Å². The molecule has 0 bridgehead atoms. The standard InChI is InChI=1S/C24H24N4O5S/c1-2-33-18-8-6-17(7-9-18)28-22(29)12-3-15-13-20(23(25)21(14-15)24(26)30)16-4-10-19(11-5-16)34(27,31)32/h3-14H,2,25H2,1H3,(H2,26,30)(H,28,29)(H2,27,31,32)/b12-3+. The van der Waals surface area contributed by atoms with Crippen molar-refractivity contribution in [1.29, 1.82) is 0 Å². The molecule has 0 atom stereocenters. The summed E-state index contributed by atoms with van der Waals surface area (Å²) in [5, 5.41) is 7.87. The van der Waals surface area contributed by atoms with Crippen LogP contribution in [0, 0.1) is 0 Å². The number of nitrogens with one attached hydrogen (secondary N) is 1. The monoisotopic (exact) mass is 480 g/mol. The van der Waals surface area contributed by atoms with Crippen molar-refractivity contribution in [2.24, 2.45) is 10.9 Å². The van der Waals surface area contributed by atoms with E-state index in [2.05, 4.69) is 5.32 Å². The number of amides is 2. The lowest BCUT2D eigenvalue weighted by molar-refractivity contribution is -0.111. The summed E-state index contributed by atoms with van der Waals surface area (Å²) in [4.78, 5) is 24.2. The quantitative estimate of drug-likeness (QED) is 0.285. The van der Waals surface area contributed by atoms with Crippen molar-refractivity contribution in [3.63, 3.8) is 0 Å². The second-order valence-corrected chi connectivity index (χ2v) is 8.80. The predicted octanol–water partition coefficient (Wildman–Crippen LogP) is 2.73. The Kier molecular flexibility index (Phi) is 7.34. The maximum atomic E-state index is 12.4. The number of ether oxygens (including phenoxy) is 1. The zero-order valence-electron chi connectivity index (χ0n) is 18.3. The van der Waals surface area contributed by atoms with Gasteiger partial charge >= 0.3 is 0 Å². The van der Waals surface area contributed by atoms with Gasteiger partial charge in [-0.2, -0.15) is 0 Å². The summed E-state index contributed by atoms with van der Waals surface area (Å²) in [6.07, 6.45) is 2.82. The van der Waals surface area contributed by atoms with Gasteiger partial charge < -0.3 is 21.5 Å². The van der Waals surface area contributed by atoms with E-state index in [1.807, 2.05) is 6.92 Å². The van der Waals surface area contributed by atoms with E-state index in [9.17, 15) is 18.0 Å². The highest BCUT2D eigenvalue weighted by molar-refractivity contribution is 7.89. The molecule has 7 N–H and O–H groups in total. The maximum Gasteiger partial charge on any atom is 0.250 e. The van der Waals surface area contributed by atoms with Crippen molar-refractivity contribution in [3.8, 4) is 16.9 Å². The van der Waals surface area contributed by atoms with Crippen LogP contribution in [0.25, 0.3) is 17.2 Å². The molecule has 34 heavy (non-hydrogen) atoms. The molecule has 0 aromatic heterocycles. The fraction of sp³-hybridized carbons (Fsp3) is 0.0833. The fourth-order valence-electron chi connectivity index (χ4n) is 3.20. The second-order valence-electron chi connectivity index (χ2n) is 7.24. The molecule has 0 aliphatic heterocycles. The van der Waals surface area contributed by atoms with Crippen LogP contribution >= 0.6 is 0 Å². The summed E-state index contributed by atoms with van der Waals surface area (Å²) < 4.78 is 28.4. The van der Waals surface area contributed by atoms with Crippen LogP contribution in [0.2, 0.25) is 0 Å². The van der Waals surface area contributed by atoms with Gasteiger partial charge in [-0.15, -0.1) is 0 Å². The lowest BCUT2D eigenvalue weighted by Gasteiger charge is -2.12. The van der Waals surface area contributed by atoms with Crippen LogP contribution in [0.15, 0.2) is 71.6 Å². The number of rotatable bonds is 8. The molecule has 0 heterocycles. The first-order valence-corrected chi connectivity index (χ1v) is 11.7. The van der Waals surface area contributed by atoms with Crippen LogP contribution in [0.1, 0.15) is 22.8 Å². The third kappa shape index (κ3) is 6.00. The molecule has 0 radical (unpaired) electrons. The molecule has 3 aromatic carbocycles. The summed E-state index contributed by atoms with van der Waals surface area (Å²) in [5.74, 6) is -0.434. The molecule has 0 aliphatic rings. The Hall–Kier alpha value is -4.15. The highest BCUT2D eigenvalue weighted by Crippen LogP contribution is 2.31. The number of carbonyl (C=O) groups excluding carboxylic acids is 2. The summed E-state index contributed by atoms with van der Waals surface area (Å²) >= 11 is 0. The lowest BCUT2D eigenvalue weighted by Crippen LogP contribution is -2.14. The molecule has 3 rings (SSSR count). The van der Waals surface area contributed by atoms with E-state index >= 15 is 0 Å². The predicted molar refractivity (Wildman–Crippen MR) is 131 cm³/mol. The Morgan fingerprint density at radius 1 is 1.03 bits per heavy atom. The van der Waals surface area contributed by atoms with Gasteiger partial charge in [-0.1, -0.05) is 12.1 Å². The Labute approximate surface area is 197 Å². The number of hydrogen-bond acceptors (Lipinski definition) is 6. The van der Waals surface area contributed by atoms with Gasteiger partial charge in [-0.3, -0.25) is 9.59 Å². The molecule has 0 spiro atoms. The number of carbonyl (C=O) groups is 2. The number of hydrogen-bond donors (Lipinski definition) is 4. The van der Waals surface area contributed by atoms with Crippen molar-refractivity contribution in [3.05, 3.63) is 77.9 Å². The number of sulfonamides is 1. The van der Waals surface area contributed by atoms with Crippen molar-refractivity contribution in [2.45, 2.75) is 11.8 Å². The minimum absolute atomic E-state index is 0.0630. The number of primary sulfonamides is 1. The largest absolute Gasteiger partial charge is 0.494 e. The molecule has 2 amide bonds. The Balaban J connectivity index is 1.88. The molecular formula is C24H24N4O5S. The van der Waals surface area contributed by atoms with Crippen LogP contribution < -0.4 is 26.7 Å². The summed E-state index contributed by atoms with van der Waals surface area (Å²) in [5.41, 5.74) is 13.9. The normalized spacial score (nSPS) is 11.4. The zero-order chi connectivity index (χ0) is 24.9. The maximum absolute atomic E-state index is 12.4. The average Bonchev–Trinajstić information content (AvgIpc) is 2.79. The van der Waals surface area contributed by atoms with E-state index in [1.165, 1.54) is 42.5 Å². The van der Waals surface area contributed by atoms with Crippen LogP contribution in [0.3, 0.4) is 0 Å². The highest BCUT2D eigenvalue weighted by atomic mass is 32.2. The first kappa shape index (κ1) is 24.5. The van der Waals surface area contributed by atoms with E-state index < -0.39 is 15.9 Å². The van der Waals surface area contributed by atoms with Gasteiger partial charge in [-0.05, 0) is 72.7 Å². The first-order chi connectivity index (χ1) is 16.1. The molecule has 10 heteroatoms. The van der Waals surface area contributed by atoms with Gasteiger partial charge in [0.05, 0.1) is 22.8 Å². The van der Waals surface area contributed by atoms with Crippen LogP contribution in [-0.2, 0) is 14.8 Å².